The first-order chi connectivity index (χ1) is 40.8. The number of ether oxygens (including phenoxy) is 4. The summed E-state index contributed by atoms with van der Waals surface area (Å²) in [7, 11) is -9.19. The Morgan fingerprint density at radius 1 is 0.345 bits per heavy atom. The zero-order valence-corrected chi connectivity index (χ0v) is 50.7. The van der Waals surface area contributed by atoms with Crippen molar-refractivity contribution in [2.45, 2.75) is 130 Å². The third-order valence-electron chi connectivity index (χ3n) is 15.2. The smallest absolute Gasteiger partial charge is 0.356 e. The molecule has 6 N–H and O–H groups in total. The van der Waals surface area contributed by atoms with Crippen LogP contribution < -0.4 is 29.6 Å². The van der Waals surface area contributed by atoms with Crippen molar-refractivity contribution in [1.29, 1.82) is 0 Å². The van der Waals surface area contributed by atoms with E-state index in [0.29, 0.717) is 139 Å². The number of nitrogens with one attached hydrogen (secondary N) is 2. The van der Waals surface area contributed by atoms with Crippen LogP contribution in [0.4, 0.5) is 0 Å². The summed E-state index contributed by atoms with van der Waals surface area (Å²) in [4.78, 5) is 59.8. The molecule has 0 amide bonds. The Kier molecular flexibility index (Phi) is 21.4. The predicted octanol–water partition coefficient (Wildman–Crippen LogP) is 16.8. The molecule has 0 aliphatic carbocycles. The third-order valence-corrected chi connectivity index (χ3v) is 17.2. The van der Waals surface area contributed by atoms with Gasteiger partial charge in [0.25, 0.3) is 0 Å². The molecule has 2 aliphatic heterocycles. The molecule has 0 unspecified atom stereocenters. The Morgan fingerprint density at radius 2 is 0.619 bits per heavy atom. The molecule has 0 fully saturated rings. The van der Waals surface area contributed by atoms with Gasteiger partial charge in [-0.3, -0.25) is 9.13 Å². The van der Waals surface area contributed by atoms with Crippen LogP contribution in [-0.2, 0) is 9.13 Å². The molecule has 2 aliphatic rings. The van der Waals surface area contributed by atoms with Gasteiger partial charge in [0, 0.05) is 44.3 Å². The SMILES string of the molecule is CCCCCCOc1cccc(OCCCCCC)c1-c1c2nc(c(-c3ccc(P(=O)(O)O)cc3)c3ccc([nH]3)c(-c3c(OCCCCCC)cccc3OCCCCCC)c3nc(c(-c4ccc(P(=O)(O)O)cc4)c4ccc1[nH]4)C=C3)C=C2. The second-order valence-corrected chi connectivity index (χ2v) is 24.8. The molecule has 3 aromatic heterocycles. The number of aromatic nitrogens is 4. The number of benzene rings is 4. The summed E-state index contributed by atoms with van der Waals surface area (Å²) in [5, 5.41) is -0.211. The molecule has 16 heteroatoms. The summed E-state index contributed by atoms with van der Waals surface area (Å²) in [6.07, 6.45) is 24.2. The molecule has 4 aromatic carbocycles. The molecule has 14 nitrogen and oxygen atoms in total. The lowest BCUT2D eigenvalue weighted by atomic mass is 10.0. The quantitative estimate of drug-likeness (QED) is 0.0184. The van der Waals surface area contributed by atoms with E-state index in [0.717, 1.165) is 103 Å². The van der Waals surface area contributed by atoms with Gasteiger partial charge >= 0.3 is 15.2 Å². The van der Waals surface area contributed by atoms with E-state index < -0.39 is 15.2 Å². The van der Waals surface area contributed by atoms with Gasteiger partial charge in [-0.15, -0.1) is 0 Å². The molecule has 442 valence electrons. The van der Waals surface area contributed by atoms with Crippen molar-refractivity contribution in [3.8, 4) is 67.5 Å². The third kappa shape index (κ3) is 15.1. The van der Waals surface area contributed by atoms with Gasteiger partial charge in [0.1, 0.15) is 23.0 Å². The lowest BCUT2D eigenvalue weighted by Crippen LogP contribution is -2.04. The number of unbranched alkanes of at least 4 members (excludes halogenated alkanes) is 12. The summed E-state index contributed by atoms with van der Waals surface area (Å²) < 4.78 is 52.4. The van der Waals surface area contributed by atoms with Crippen molar-refractivity contribution >= 4 is 72.2 Å². The summed E-state index contributed by atoms with van der Waals surface area (Å²) in [6, 6.07) is 32.5. The van der Waals surface area contributed by atoms with E-state index in [-0.39, 0.29) is 10.6 Å². The van der Waals surface area contributed by atoms with Crippen LogP contribution in [0.15, 0.2) is 109 Å². The first-order valence-electron chi connectivity index (χ1n) is 30.1. The van der Waals surface area contributed by atoms with E-state index in [1.807, 2.05) is 85.0 Å². The van der Waals surface area contributed by atoms with Crippen molar-refractivity contribution < 1.29 is 47.7 Å². The number of hydrogen-bond acceptors (Lipinski definition) is 8. The van der Waals surface area contributed by atoms with Gasteiger partial charge in [0.15, 0.2) is 0 Å². The lowest BCUT2D eigenvalue weighted by molar-refractivity contribution is 0.292. The van der Waals surface area contributed by atoms with Crippen LogP contribution in [0, 0.1) is 0 Å². The van der Waals surface area contributed by atoms with E-state index in [1.54, 1.807) is 24.3 Å². The van der Waals surface area contributed by atoms with Crippen LogP contribution in [0.2, 0.25) is 0 Å². The maximum absolute atomic E-state index is 12.6. The summed E-state index contributed by atoms with van der Waals surface area (Å²) in [5.41, 5.74) is 10.6. The van der Waals surface area contributed by atoms with Gasteiger partial charge in [-0.05, 0) is 134 Å². The molecular formula is C68H80N4O10P2. The minimum Gasteiger partial charge on any atom is -0.493 e. The standard InChI is InChI=1S/C68H80N4O10P2/c1-5-9-13-17-43-79-59-23-21-24-60(80-44-18-14-10-6-2)67(59)65-55-39-35-51(69-55)63(47-27-31-49(32-28-47)83(73,74)75)53-37-41-57(71-53)66(68-61(81-45-19-15-11-7-3)25-22-26-62(68)82-46-20-16-12-8-4)58-42-38-54(72-58)64(52-36-40-56(65)70-52)48-29-33-50(34-30-48)84(76,77)78/h21-42,69,72H,5-20,43-46H2,1-4H3,(H2,73,74,75)(H2,76,77,78). The average Bonchev–Trinajstić information content (AvgIpc) is 4.14. The van der Waals surface area contributed by atoms with Gasteiger partial charge in [-0.2, -0.15) is 0 Å². The van der Waals surface area contributed by atoms with Crippen molar-refractivity contribution in [1.82, 2.24) is 19.9 Å². The largest absolute Gasteiger partial charge is 0.493 e. The molecule has 5 heterocycles. The van der Waals surface area contributed by atoms with Crippen LogP contribution >= 0.6 is 15.2 Å². The molecule has 0 atom stereocenters. The van der Waals surface area contributed by atoms with Crippen molar-refractivity contribution in [2.24, 2.45) is 0 Å². The monoisotopic (exact) mass is 1170 g/mol. The fourth-order valence-corrected chi connectivity index (χ4v) is 11.9. The van der Waals surface area contributed by atoms with Gasteiger partial charge < -0.3 is 48.5 Å². The molecule has 7 aromatic rings. The fraction of sp³-hybridized carbons (Fsp3) is 0.353. The molecule has 9 rings (SSSR count). The second kappa shape index (κ2) is 29.2. The van der Waals surface area contributed by atoms with E-state index >= 15 is 0 Å². The molecule has 0 spiro atoms. The highest BCUT2D eigenvalue weighted by molar-refractivity contribution is 7.60. The topological polar surface area (TPSA) is 209 Å². The Labute approximate surface area is 493 Å². The van der Waals surface area contributed by atoms with E-state index in [4.69, 9.17) is 28.9 Å². The second-order valence-electron chi connectivity index (χ2n) is 21.6. The number of hydrogen-bond donors (Lipinski definition) is 6. The Bertz CT molecular complexity index is 3400. The molecule has 8 bridgehead atoms. The van der Waals surface area contributed by atoms with Crippen LogP contribution in [-0.4, -0.2) is 65.9 Å². The first kappa shape index (κ1) is 61.5. The van der Waals surface area contributed by atoms with Crippen LogP contribution in [0.1, 0.15) is 153 Å². The Hall–Kier alpha value is -7.02. The van der Waals surface area contributed by atoms with Crippen molar-refractivity contribution in [3.63, 3.8) is 0 Å². The Balaban J connectivity index is 1.41. The van der Waals surface area contributed by atoms with Crippen LogP contribution in [0.3, 0.4) is 0 Å². The molecule has 0 radical (unpaired) electrons. The van der Waals surface area contributed by atoms with Crippen LogP contribution in [0.5, 0.6) is 23.0 Å². The highest BCUT2D eigenvalue weighted by Gasteiger charge is 2.26. The van der Waals surface area contributed by atoms with Gasteiger partial charge in [0.05, 0.1) is 70.9 Å². The number of rotatable bonds is 30. The van der Waals surface area contributed by atoms with E-state index in [2.05, 4.69) is 37.7 Å². The number of fused-ring (bicyclic) bond motifs is 8. The van der Waals surface area contributed by atoms with Crippen molar-refractivity contribution in [3.05, 3.63) is 132 Å². The molecular weight excluding hydrogens is 1090 g/mol. The van der Waals surface area contributed by atoms with Gasteiger partial charge in [-0.1, -0.05) is 141 Å². The van der Waals surface area contributed by atoms with Crippen LogP contribution in [0.25, 0.3) is 90.9 Å². The highest BCUT2D eigenvalue weighted by Crippen LogP contribution is 2.47. The maximum atomic E-state index is 12.6. The lowest BCUT2D eigenvalue weighted by Gasteiger charge is -2.18. The fourth-order valence-electron chi connectivity index (χ4n) is 10.8. The van der Waals surface area contributed by atoms with Gasteiger partial charge in [0.2, 0.25) is 0 Å². The molecule has 0 saturated carbocycles. The minimum absolute atomic E-state index is 0.105. The van der Waals surface area contributed by atoms with Gasteiger partial charge in [-0.25, -0.2) is 9.97 Å². The average molecular weight is 1180 g/mol. The highest BCUT2D eigenvalue weighted by atomic mass is 31.2. The summed E-state index contributed by atoms with van der Waals surface area (Å²) in [5.74, 6) is 2.52. The summed E-state index contributed by atoms with van der Waals surface area (Å²) >= 11 is 0. The normalized spacial score (nSPS) is 12.3. The number of nitrogens with zero attached hydrogens (tertiary/aromatic N) is 2. The zero-order valence-electron chi connectivity index (χ0n) is 48.9. The molecule has 84 heavy (non-hydrogen) atoms. The summed E-state index contributed by atoms with van der Waals surface area (Å²) in [6.45, 7) is 10.7. The van der Waals surface area contributed by atoms with E-state index in [1.165, 1.54) is 24.3 Å². The predicted molar refractivity (Wildman–Crippen MR) is 343 cm³/mol. The van der Waals surface area contributed by atoms with E-state index in [9.17, 15) is 28.7 Å². The number of aromatic amines is 2. The zero-order chi connectivity index (χ0) is 59.1. The van der Waals surface area contributed by atoms with Crippen molar-refractivity contribution in [2.75, 3.05) is 26.4 Å². The first-order valence-corrected chi connectivity index (χ1v) is 33.3. The minimum atomic E-state index is -4.59. The molecule has 0 saturated heterocycles. The maximum Gasteiger partial charge on any atom is 0.356 e. The Morgan fingerprint density at radius 3 is 0.893 bits per heavy atom. The number of H-pyrrole nitrogens is 2.